The maximum absolute atomic E-state index is 13.3. The smallest absolute Gasteiger partial charge is 0.341 e. The Balaban J connectivity index is 1.85. The first-order chi connectivity index (χ1) is 14.4. The Labute approximate surface area is 181 Å². The minimum Gasteiger partial charge on any atom is -0.462 e. The zero-order valence-corrected chi connectivity index (χ0v) is 18.1. The van der Waals surface area contributed by atoms with Gasteiger partial charge in [-0.25, -0.2) is 9.18 Å². The number of nitrogens with zero attached hydrogens (tertiary/aromatic N) is 1. The van der Waals surface area contributed by atoms with Gasteiger partial charge in [-0.1, -0.05) is 28.9 Å². The number of hydrogen-bond acceptors (Lipinski definition) is 3. The maximum Gasteiger partial charge on any atom is 0.341 e. The van der Waals surface area contributed by atoms with Gasteiger partial charge in [0, 0.05) is 39.6 Å². The molecule has 0 saturated carbocycles. The second-order valence-electron chi connectivity index (χ2n) is 7.23. The minimum absolute atomic E-state index is 0.0532. The monoisotopic (exact) mass is 470 g/mol. The molecule has 154 valence electrons. The highest BCUT2D eigenvalue weighted by Crippen LogP contribution is 2.38. The first-order valence-electron chi connectivity index (χ1n) is 9.66. The van der Waals surface area contributed by atoms with Crippen LogP contribution in [-0.2, 0) is 9.53 Å². The fraction of sp³-hybridized carbons (Fsp3) is 0.217. The van der Waals surface area contributed by atoms with Crippen LogP contribution in [0.15, 0.2) is 53.1 Å². The van der Waals surface area contributed by atoms with Crippen molar-refractivity contribution in [1.82, 2.24) is 9.88 Å². The Morgan fingerprint density at radius 3 is 2.67 bits per heavy atom. The van der Waals surface area contributed by atoms with E-state index in [4.69, 9.17) is 4.74 Å². The molecule has 0 saturated heterocycles. The molecule has 4 rings (SSSR count). The lowest BCUT2D eigenvalue weighted by Gasteiger charge is -2.21. The number of halogens is 2. The molecular weight excluding hydrogens is 451 g/mol. The summed E-state index contributed by atoms with van der Waals surface area (Å²) in [5, 5.41) is 0.993. The summed E-state index contributed by atoms with van der Waals surface area (Å²) in [4.78, 5) is 30.8. The van der Waals surface area contributed by atoms with E-state index < -0.39 is 11.8 Å². The number of ether oxygens (including phenoxy) is 1. The van der Waals surface area contributed by atoms with Crippen molar-refractivity contribution in [2.45, 2.75) is 19.8 Å². The van der Waals surface area contributed by atoms with Crippen molar-refractivity contribution in [3.8, 4) is 0 Å². The quantitative estimate of drug-likeness (QED) is 0.532. The molecule has 0 radical (unpaired) electrons. The van der Waals surface area contributed by atoms with Crippen molar-refractivity contribution in [1.29, 1.82) is 0 Å². The van der Waals surface area contributed by atoms with Crippen molar-refractivity contribution in [3.05, 3.63) is 75.8 Å². The average Bonchev–Trinajstić information content (AvgIpc) is 3.02. The highest BCUT2D eigenvalue weighted by molar-refractivity contribution is 9.10. The van der Waals surface area contributed by atoms with Gasteiger partial charge in [0.15, 0.2) is 0 Å². The van der Waals surface area contributed by atoms with Gasteiger partial charge < -0.3 is 14.6 Å². The Morgan fingerprint density at radius 2 is 1.97 bits per heavy atom. The number of fused-ring (bicyclic) bond motifs is 3. The highest BCUT2D eigenvalue weighted by atomic mass is 79.9. The molecule has 0 fully saturated rings. The van der Waals surface area contributed by atoms with Crippen LogP contribution in [0.4, 0.5) is 4.39 Å². The molecule has 30 heavy (non-hydrogen) atoms. The number of carbonyl (C=O) groups is 2. The summed E-state index contributed by atoms with van der Waals surface area (Å²) < 4.78 is 19.5. The molecule has 5 nitrogen and oxygen atoms in total. The average molecular weight is 471 g/mol. The minimum atomic E-state index is -0.504. The van der Waals surface area contributed by atoms with E-state index in [0.717, 1.165) is 20.9 Å². The highest BCUT2D eigenvalue weighted by Gasteiger charge is 2.31. The fourth-order valence-electron chi connectivity index (χ4n) is 3.84. The second kappa shape index (κ2) is 8.07. The Bertz CT molecular complexity index is 1170. The number of aromatic amines is 1. The summed E-state index contributed by atoms with van der Waals surface area (Å²) in [6.45, 7) is 4.34. The first kappa shape index (κ1) is 20.3. The van der Waals surface area contributed by atoms with Gasteiger partial charge in [-0.05, 0) is 48.9 Å². The molecule has 1 aliphatic rings. The van der Waals surface area contributed by atoms with Crippen LogP contribution < -0.4 is 0 Å². The van der Waals surface area contributed by atoms with Gasteiger partial charge in [0.1, 0.15) is 5.82 Å². The number of hydrogen-bond donors (Lipinski definition) is 1. The van der Waals surface area contributed by atoms with E-state index >= 15 is 0 Å². The number of amides is 1. The van der Waals surface area contributed by atoms with Gasteiger partial charge in [0.05, 0.1) is 17.9 Å². The number of rotatable bonds is 3. The predicted molar refractivity (Wildman–Crippen MR) is 116 cm³/mol. The largest absolute Gasteiger partial charge is 0.462 e. The Morgan fingerprint density at radius 1 is 1.23 bits per heavy atom. The third kappa shape index (κ3) is 3.65. The van der Waals surface area contributed by atoms with Crippen LogP contribution in [-0.4, -0.2) is 34.9 Å². The zero-order valence-electron chi connectivity index (χ0n) is 16.5. The summed E-state index contributed by atoms with van der Waals surface area (Å²) >= 11 is 3.48. The third-order valence-electron chi connectivity index (χ3n) is 5.17. The molecule has 3 aromatic rings. The predicted octanol–water partition coefficient (Wildman–Crippen LogP) is 5.23. The Hall–Kier alpha value is -2.93. The van der Waals surface area contributed by atoms with Gasteiger partial charge in [0.25, 0.3) is 5.91 Å². The Kier molecular flexibility index (Phi) is 5.47. The first-order valence-corrected chi connectivity index (χ1v) is 10.4. The van der Waals surface area contributed by atoms with Crippen LogP contribution in [0.5, 0.6) is 0 Å². The molecule has 7 heteroatoms. The normalized spacial score (nSPS) is 16.1. The van der Waals surface area contributed by atoms with E-state index in [1.165, 1.54) is 35.4 Å². The molecule has 2 heterocycles. The van der Waals surface area contributed by atoms with Gasteiger partial charge >= 0.3 is 5.97 Å². The van der Waals surface area contributed by atoms with Crippen LogP contribution in [0.3, 0.4) is 0 Å². The molecule has 1 aromatic heterocycles. The number of nitrogens with one attached hydrogen (secondary N) is 1. The van der Waals surface area contributed by atoms with Gasteiger partial charge in [0.2, 0.25) is 0 Å². The number of esters is 1. The van der Waals surface area contributed by atoms with Crippen molar-refractivity contribution in [3.63, 3.8) is 0 Å². The van der Waals surface area contributed by atoms with E-state index in [0.29, 0.717) is 23.4 Å². The summed E-state index contributed by atoms with van der Waals surface area (Å²) in [5.41, 5.74) is 3.16. The molecule has 1 aliphatic heterocycles. The molecule has 0 bridgehead atoms. The van der Waals surface area contributed by atoms with Gasteiger partial charge in [-0.2, -0.15) is 0 Å². The number of benzene rings is 2. The van der Waals surface area contributed by atoms with E-state index in [1.807, 2.05) is 25.1 Å². The molecule has 0 spiro atoms. The maximum atomic E-state index is 13.3. The fourth-order valence-corrected chi connectivity index (χ4v) is 4.20. The van der Waals surface area contributed by atoms with E-state index in [2.05, 4.69) is 20.9 Å². The summed E-state index contributed by atoms with van der Waals surface area (Å²) in [5.74, 6) is -1.27. The molecular formula is C23H20BrFN2O3. The van der Waals surface area contributed by atoms with Crippen LogP contribution in [0, 0.1) is 5.82 Å². The summed E-state index contributed by atoms with van der Waals surface area (Å²) in [6.07, 6.45) is 1.54. The molecule has 1 atom stereocenters. The van der Waals surface area contributed by atoms with Crippen LogP contribution in [0.1, 0.15) is 41.4 Å². The van der Waals surface area contributed by atoms with E-state index in [9.17, 15) is 14.0 Å². The van der Waals surface area contributed by atoms with Crippen LogP contribution in [0.2, 0.25) is 0 Å². The second-order valence-corrected chi connectivity index (χ2v) is 8.15. The number of H-pyrrole nitrogens is 1. The topological polar surface area (TPSA) is 62.4 Å². The van der Waals surface area contributed by atoms with Crippen LogP contribution in [0.25, 0.3) is 16.5 Å². The molecule has 1 N–H and O–H groups in total. The van der Waals surface area contributed by atoms with Crippen molar-refractivity contribution in [2.75, 3.05) is 13.2 Å². The molecule has 1 amide bonds. The molecule has 0 aliphatic carbocycles. The molecule has 1 unspecified atom stereocenters. The zero-order chi connectivity index (χ0) is 21.4. The van der Waals surface area contributed by atoms with E-state index in [-0.39, 0.29) is 18.4 Å². The van der Waals surface area contributed by atoms with Crippen molar-refractivity contribution < 1.29 is 18.7 Å². The number of aromatic nitrogens is 1. The SMILES string of the molecule is CCOC(=O)C1=CN(C(=O)c2ccc(F)cc2)CC(C)c2c1[nH]c1cc(Br)ccc21. The van der Waals surface area contributed by atoms with E-state index in [1.54, 1.807) is 6.92 Å². The van der Waals surface area contributed by atoms with Crippen molar-refractivity contribution in [2.24, 2.45) is 0 Å². The lowest BCUT2D eigenvalue weighted by Crippen LogP contribution is -2.29. The van der Waals surface area contributed by atoms with Gasteiger partial charge in [-0.3, -0.25) is 4.79 Å². The van der Waals surface area contributed by atoms with Crippen LogP contribution >= 0.6 is 15.9 Å². The van der Waals surface area contributed by atoms with Gasteiger partial charge in [-0.15, -0.1) is 0 Å². The molecule has 2 aromatic carbocycles. The summed E-state index contributed by atoms with van der Waals surface area (Å²) in [6, 6.07) is 11.3. The lowest BCUT2D eigenvalue weighted by atomic mass is 9.96. The third-order valence-corrected chi connectivity index (χ3v) is 5.66. The standard InChI is InChI=1S/C23H20BrFN2O3/c1-3-30-23(29)18-12-27(22(28)14-4-7-16(25)8-5-14)11-13(2)20-17-9-6-15(24)10-19(17)26-21(18)20/h4-10,12-13,26H,3,11H2,1-2H3. The lowest BCUT2D eigenvalue weighted by molar-refractivity contribution is -0.136. The van der Waals surface area contributed by atoms with Crippen molar-refractivity contribution >= 4 is 44.3 Å². The number of carbonyl (C=O) groups excluding carboxylic acids is 2. The summed E-state index contributed by atoms with van der Waals surface area (Å²) in [7, 11) is 0.